The SMILES string of the molecule is C1CCOC1.CC(C)(C)[O-].COc1ccc(-c2cc(OC(C)(C)C)c3ccccc3n2)cc1.COc1ccc(C(C)=Nc2ccccc2C(F)(F)F)cc1.[2HH].[K+]. The Balaban J connectivity index is 0.000000438. The molecule has 7 nitrogen and oxygen atoms in total. The smallest absolute Gasteiger partial charge is 0.850 e. The number of rotatable bonds is 6. The number of halogens is 3. The van der Waals surface area contributed by atoms with Crippen LogP contribution in [-0.2, 0) is 10.9 Å². The average molecular weight is 788 g/mol. The van der Waals surface area contributed by atoms with E-state index in [0.29, 0.717) is 11.5 Å². The van der Waals surface area contributed by atoms with E-state index in [1.54, 1.807) is 66.2 Å². The number of benzene rings is 4. The van der Waals surface area contributed by atoms with E-state index in [4.69, 9.17) is 23.9 Å². The van der Waals surface area contributed by atoms with E-state index in [9.17, 15) is 18.3 Å². The monoisotopic (exact) mass is 787 g/mol. The zero-order valence-corrected chi connectivity index (χ0v) is 36.8. The molecule has 0 unspecified atom stereocenters. The fourth-order valence-electron chi connectivity index (χ4n) is 4.87. The van der Waals surface area contributed by atoms with Crippen molar-refractivity contribution in [3.8, 4) is 28.5 Å². The molecule has 0 radical (unpaired) electrons. The molecule has 292 valence electrons. The summed E-state index contributed by atoms with van der Waals surface area (Å²) in [6, 6.07) is 30.2. The fourth-order valence-corrected chi connectivity index (χ4v) is 4.87. The Morgan fingerprint density at radius 1 is 0.764 bits per heavy atom. The fraction of sp³-hybridized carbons (Fsp3) is 0.364. The number of aromatic nitrogens is 1. The number of alkyl halides is 3. The molecule has 0 N–H and O–H groups in total. The van der Waals surface area contributed by atoms with Crippen LogP contribution in [0.15, 0.2) is 108 Å². The van der Waals surface area contributed by atoms with Gasteiger partial charge in [-0.15, -0.1) is 5.60 Å². The maximum absolute atomic E-state index is 12.9. The number of para-hydroxylation sites is 2. The van der Waals surface area contributed by atoms with Crippen LogP contribution in [0.1, 0.15) is 73.9 Å². The van der Waals surface area contributed by atoms with E-state index in [1.165, 1.54) is 31.0 Å². The third kappa shape index (κ3) is 17.6. The predicted octanol–water partition coefficient (Wildman–Crippen LogP) is 8.13. The second-order valence-electron chi connectivity index (χ2n) is 14.3. The van der Waals surface area contributed by atoms with Crippen LogP contribution in [0.4, 0.5) is 18.9 Å². The van der Waals surface area contributed by atoms with Crippen molar-refractivity contribution in [1.82, 2.24) is 4.98 Å². The van der Waals surface area contributed by atoms with Crippen LogP contribution < -0.4 is 70.7 Å². The van der Waals surface area contributed by atoms with E-state index in [1.807, 2.05) is 54.6 Å². The van der Waals surface area contributed by atoms with Gasteiger partial charge in [0.15, 0.2) is 0 Å². The van der Waals surface area contributed by atoms with Gasteiger partial charge in [0, 0.05) is 37.4 Å². The first-order chi connectivity index (χ1) is 25.4. The van der Waals surface area contributed by atoms with Gasteiger partial charge in [-0.1, -0.05) is 45.0 Å². The number of nitrogens with zero attached hydrogens (tertiary/aromatic N) is 2. The minimum Gasteiger partial charge on any atom is -0.850 e. The van der Waals surface area contributed by atoms with Crippen LogP contribution in [0, 0.1) is 0 Å². The van der Waals surface area contributed by atoms with Crippen molar-refractivity contribution in [2.75, 3.05) is 27.4 Å². The van der Waals surface area contributed by atoms with E-state index in [-0.39, 0.29) is 64.1 Å². The third-order valence-corrected chi connectivity index (χ3v) is 7.31. The van der Waals surface area contributed by atoms with Gasteiger partial charge in [0.1, 0.15) is 22.8 Å². The van der Waals surface area contributed by atoms with Crippen LogP contribution in [0.2, 0.25) is 0 Å². The van der Waals surface area contributed by atoms with Crippen LogP contribution in [0.3, 0.4) is 0 Å². The van der Waals surface area contributed by atoms with Gasteiger partial charge in [-0.3, -0.25) is 4.99 Å². The van der Waals surface area contributed by atoms with E-state index < -0.39 is 17.3 Å². The predicted molar refractivity (Wildman–Crippen MR) is 212 cm³/mol. The Kier molecular flexibility index (Phi) is 19.5. The van der Waals surface area contributed by atoms with Gasteiger partial charge in [0.2, 0.25) is 0 Å². The van der Waals surface area contributed by atoms with Gasteiger partial charge in [-0.2, -0.15) is 13.2 Å². The third-order valence-electron chi connectivity index (χ3n) is 7.31. The van der Waals surface area contributed by atoms with Crippen molar-refractivity contribution in [2.45, 2.75) is 78.7 Å². The number of fused-ring (bicyclic) bond motifs is 1. The molecule has 2 heterocycles. The number of ether oxygens (including phenoxy) is 4. The van der Waals surface area contributed by atoms with Crippen LogP contribution in [-0.4, -0.2) is 49.3 Å². The largest absolute Gasteiger partial charge is 1.00 e. The van der Waals surface area contributed by atoms with Crippen molar-refractivity contribution in [2.24, 2.45) is 4.99 Å². The van der Waals surface area contributed by atoms with Crippen molar-refractivity contribution >= 4 is 22.3 Å². The van der Waals surface area contributed by atoms with Gasteiger partial charge < -0.3 is 24.1 Å². The first-order valence-corrected chi connectivity index (χ1v) is 17.8. The number of hydrogen-bond acceptors (Lipinski definition) is 7. The number of aliphatic imine (C=N–C) groups is 1. The molecule has 5 aromatic rings. The van der Waals surface area contributed by atoms with E-state index in [0.717, 1.165) is 58.5 Å². The maximum atomic E-state index is 12.9. The van der Waals surface area contributed by atoms with Crippen LogP contribution in [0.5, 0.6) is 17.2 Å². The second-order valence-corrected chi connectivity index (χ2v) is 14.3. The Hall–Kier alpha value is -3.29. The standard InChI is InChI=1S/C20H21NO2.C16H14F3NO.C4H8O.C4H9O.K.H2/c1-20(2,3)23-19-13-18(14-9-11-15(22-4)12-10-14)21-17-8-6-5-7-16(17)19;1-11(12-7-9-13(21-2)10-8-12)20-15-6-4-3-5-14(15)16(17,18)19;1-2-4-5-3-1;1-4(2,3)5;;/h5-13H,1-4H3;3-10H,1-2H3;1-4H2;1-3H3;;1H/q;;;-1;+1;/i;;;;;1+1. The molecule has 1 aliphatic heterocycles. The molecule has 55 heavy (non-hydrogen) atoms. The molecular formula is C44H54F3KN2O5. The molecule has 11 heteroatoms. The number of pyridine rings is 1. The maximum Gasteiger partial charge on any atom is 1.00 e. The van der Waals surface area contributed by atoms with Crippen LogP contribution in [0.25, 0.3) is 22.2 Å². The summed E-state index contributed by atoms with van der Waals surface area (Å²) >= 11 is 0. The van der Waals surface area contributed by atoms with Gasteiger partial charge in [-0.25, -0.2) is 4.98 Å². The zero-order chi connectivity index (χ0) is 39.9. The summed E-state index contributed by atoms with van der Waals surface area (Å²) in [7, 11) is 3.22. The summed E-state index contributed by atoms with van der Waals surface area (Å²) < 4.78 is 60.1. The zero-order valence-electron chi connectivity index (χ0n) is 33.7. The Morgan fingerprint density at radius 3 is 1.76 bits per heavy atom. The normalized spacial score (nSPS) is 12.8. The first kappa shape index (κ1) is 47.9. The Labute approximate surface area is 368 Å². The Bertz CT molecular complexity index is 1910. The summed E-state index contributed by atoms with van der Waals surface area (Å²) in [5.41, 5.74) is 2.28. The second kappa shape index (κ2) is 22.4. The number of methoxy groups -OCH3 is 2. The van der Waals surface area contributed by atoms with Gasteiger partial charge in [0.05, 0.1) is 36.7 Å². The molecule has 0 aliphatic carbocycles. The van der Waals surface area contributed by atoms with E-state index in [2.05, 4.69) is 25.8 Å². The van der Waals surface area contributed by atoms with Gasteiger partial charge in [-0.05, 0) is 119 Å². The van der Waals surface area contributed by atoms with Crippen molar-refractivity contribution in [3.05, 3.63) is 114 Å². The van der Waals surface area contributed by atoms with Crippen molar-refractivity contribution in [3.63, 3.8) is 0 Å². The minimum absolute atomic E-state index is 0. The Morgan fingerprint density at radius 2 is 1.27 bits per heavy atom. The quantitative estimate of drug-likeness (QED) is 0.128. The number of hydrogen-bond donors (Lipinski definition) is 0. The van der Waals surface area contributed by atoms with Crippen molar-refractivity contribution in [1.29, 1.82) is 0 Å². The molecule has 1 saturated heterocycles. The molecule has 1 aromatic heterocycles. The minimum atomic E-state index is -4.42. The molecule has 0 bridgehead atoms. The molecule has 0 spiro atoms. The molecular weight excluding hydrogens is 733 g/mol. The summed E-state index contributed by atoms with van der Waals surface area (Å²) in [6.45, 7) is 14.7. The summed E-state index contributed by atoms with van der Waals surface area (Å²) in [4.78, 5) is 8.88. The van der Waals surface area contributed by atoms with Crippen LogP contribution >= 0.6 is 0 Å². The molecule has 0 saturated carbocycles. The summed E-state index contributed by atoms with van der Waals surface area (Å²) in [5, 5.41) is 11.1. The topological polar surface area (TPSA) is 85.2 Å². The summed E-state index contributed by atoms with van der Waals surface area (Å²) in [5.74, 6) is 2.37. The molecule has 0 atom stereocenters. The molecule has 6 rings (SSSR count). The molecule has 0 amide bonds. The molecule has 1 aliphatic rings. The summed E-state index contributed by atoms with van der Waals surface area (Å²) in [6.07, 6.45) is -1.86. The van der Waals surface area contributed by atoms with Gasteiger partial charge in [0.25, 0.3) is 0 Å². The van der Waals surface area contributed by atoms with E-state index >= 15 is 0 Å². The molecule has 1 fully saturated rings. The van der Waals surface area contributed by atoms with Crippen molar-refractivity contribution < 1.29 is 90.0 Å². The first-order valence-electron chi connectivity index (χ1n) is 17.8. The molecule has 4 aromatic carbocycles. The van der Waals surface area contributed by atoms with Gasteiger partial charge >= 0.3 is 57.6 Å². The average Bonchev–Trinajstić information content (AvgIpc) is 3.71.